The molecule has 1 saturated heterocycles. The molecule has 1 heterocycles. The summed E-state index contributed by atoms with van der Waals surface area (Å²) in [6, 6.07) is 4.93. The first-order valence-corrected chi connectivity index (χ1v) is 5.78. The van der Waals surface area contributed by atoms with Gasteiger partial charge in [0.05, 0.1) is 0 Å². The first-order valence-electron chi connectivity index (χ1n) is 5.78. The molecule has 0 unspecified atom stereocenters. The summed E-state index contributed by atoms with van der Waals surface area (Å²) >= 11 is 0. The minimum atomic E-state index is -0.205. The van der Waals surface area contributed by atoms with Crippen molar-refractivity contribution in [1.29, 1.82) is 0 Å². The summed E-state index contributed by atoms with van der Waals surface area (Å²) in [5.41, 5.74) is 7.84. The number of nitrogens with two attached hydrogens (primary N) is 1. The van der Waals surface area contributed by atoms with Gasteiger partial charge in [-0.3, -0.25) is 0 Å². The molecule has 1 aliphatic rings. The SMILES string of the molecule is Cc1ccc(F)c([C@H](N)C2CCOCC2)c1. The third-order valence-corrected chi connectivity index (χ3v) is 3.28. The summed E-state index contributed by atoms with van der Waals surface area (Å²) in [5, 5.41) is 0. The number of benzene rings is 1. The summed E-state index contributed by atoms with van der Waals surface area (Å²) < 4.78 is 19.0. The van der Waals surface area contributed by atoms with Gasteiger partial charge >= 0.3 is 0 Å². The lowest BCUT2D eigenvalue weighted by molar-refractivity contribution is 0.0580. The first-order chi connectivity index (χ1) is 7.68. The molecule has 0 spiro atoms. The zero-order valence-electron chi connectivity index (χ0n) is 9.58. The van der Waals surface area contributed by atoms with E-state index in [-0.39, 0.29) is 11.9 Å². The third kappa shape index (κ3) is 2.42. The van der Waals surface area contributed by atoms with Crippen LogP contribution >= 0.6 is 0 Å². The topological polar surface area (TPSA) is 35.2 Å². The molecule has 2 nitrogen and oxygen atoms in total. The van der Waals surface area contributed by atoms with E-state index in [1.54, 1.807) is 6.07 Å². The van der Waals surface area contributed by atoms with E-state index in [1.165, 1.54) is 6.07 Å². The van der Waals surface area contributed by atoms with Crippen molar-refractivity contribution in [2.45, 2.75) is 25.8 Å². The first kappa shape index (κ1) is 11.6. The molecule has 88 valence electrons. The van der Waals surface area contributed by atoms with E-state index in [4.69, 9.17) is 10.5 Å². The van der Waals surface area contributed by atoms with Gasteiger partial charge in [-0.25, -0.2) is 4.39 Å². The van der Waals surface area contributed by atoms with Crippen molar-refractivity contribution in [1.82, 2.24) is 0 Å². The molecular weight excluding hydrogens is 205 g/mol. The van der Waals surface area contributed by atoms with Gasteiger partial charge in [0.2, 0.25) is 0 Å². The van der Waals surface area contributed by atoms with Gasteiger partial charge in [-0.05, 0) is 31.7 Å². The summed E-state index contributed by atoms with van der Waals surface area (Å²) in [6.45, 7) is 3.44. The molecule has 0 aliphatic carbocycles. The molecular formula is C13H18FNO. The maximum atomic E-state index is 13.7. The Morgan fingerprint density at radius 2 is 2.06 bits per heavy atom. The second-order valence-electron chi connectivity index (χ2n) is 4.50. The second-order valence-corrected chi connectivity index (χ2v) is 4.50. The molecule has 2 N–H and O–H groups in total. The Labute approximate surface area is 95.6 Å². The molecule has 0 saturated carbocycles. The highest BCUT2D eigenvalue weighted by Crippen LogP contribution is 2.29. The maximum absolute atomic E-state index is 13.7. The largest absolute Gasteiger partial charge is 0.381 e. The van der Waals surface area contributed by atoms with Crippen molar-refractivity contribution in [3.05, 3.63) is 35.1 Å². The van der Waals surface area contributed by atoms with E-state index < -0.39 is 0 Å². The van der Waals surface area contributed by atoms with E-state index in [9.17, 15) is 4.39 Å². The quantitative estimate of drug-likeness (QED) is 0.836. The number of ether oxygens (including phenoxy) is 1. The average molecular weight is 223 g/mol. The molecule has 0 radical (unpaired) electrons. The van der Waals surface area contributed by atoms with E-state index in [0.717, 1.165) is 31.6 Å². The van der Waals surface area contributed by atoms with Crippen LogP contribution in [0.2, 0.25) is 0 Å². The van der Waals surface area contributed by atoms with E-state index in [2.05, 4.69) is 0 Å². The number of rotatable bonds is 2. The van der Waals surface area contributed by atoms with Gasteiger partial charge in [-0.1, -0.05) is 17.7 Å². The number of aryl methyl sites for hydroxylation is 1. The van der Waals surface area contributed by atoms with Crippen molar-refractivity contribution >= 4 is 0 Å². The smallest absolute Gasteiger partial charge is 0.127 e. The summed E-state index contributed by atoms with van der Waals surface area (Å²) in [6.07, 6.45) is 1.85. The van der Waals surface area contributed by atoms with Crippen LogP contribution in [-0.2, 0) is 4.74 Å². The molecule has 1 atom stereocenters. The second kappa shape index (κ2) is 4.93. The van der Waals surface area contributed by atoms with Gasteiger partial charge < -0.3 is 10.5 Å². The normalized spacial score (nSPS) is 19.7. The average Bonchev–Trinajstić information content (AvgIpc) is 2.32. The van der Waals surface area contributed by atoms with Gasteiger partial charge in [-0.15, -0.1) is 0 Å². The molecule has 1 aliphatic heterocycles. The molecule has 0 amide bonds. The van der Waals surface area contributed by atoms with Crippen LogP contribution in [0.15, 0.2) is 18.2 Å². The minimum absolute atomic E-state index is 0.190. The van der Waals surface area contributed by atoms with Gasteiger partial charge in [-0.2, -0.15) is 0 Å². The van der Waals surface area contributed by atoms with Crippen molar-refractivity contribution < 1.29 is 9.13 Å². The van der Waals surface area contributed by atoms with E-state index in [0.29, 0.717) is 11.5 Å². The molecule has 0 aromatic heterocycles. The van der Waals surface area contributed by atoms with Crippen LogP contribution < -0.4 is 5.73 Å². The van der Waals surface area contributed by atoms with Gasteiger partial charge in [0.15, 0.2) is 0 Å². The van der Waals surface area contributed by atoms with Gasteiger partial charge in [0, 0.05) is 24.8 Å². The Morgan fingerprint density at radius 1 is 1.38 bits per heavy atom. The fraction of sp³-hybridized carbons (Fsp3) is 0.538. The van der Waals surface area contributed by atoms with Crippen LogP contribution in [0.5, 0.6) is 0 Å². The molecule has 2 rings (SSSR count). The van der Waals surface area contributed by atoms with Gasteiger partial charge in [0.25, 0.3) is 0 Å². The Balaban J connectivity index is 2.18. The predicted molar refractivity (Wildman–Crippen MR) is 61.6 cm³/mol. The van der Waals surface area contributed by atoms with Crippen molar-refractivity contribution in [2.24, 2.45) is 11.7 Å². The van der Waals surface area contributed by atoms with Crippen LogP contribution in [0, 0.1) is 18.7 Å². The lowest BCUT2D eigenvalue weighted by Crippen LogP contribution is -2.28. The molecule has 3 heteroatoms. The van der Waals surface area contributed by atoms with Crippen LogP contribution in [0.4, 0.5) is 4.39 Å². The maximum Gasteiger partial charge on any atom is 0.127 e. The number of halogens is 1. The molecule has 1 aromatic carbocycles. The molecule has 16 heavy (non-hydrogen) atoms. The Morgan fingerprint density at radius 3 is 2.75 bits per heavy atom. The lowest BCUT2D eigenvalue weighted by atomic mass is 9.87. The highest BCUT2D eigenvalue weighted by molar-refractivity contribution is 5.27. The summed E-state index contributed by atoms with van der Waals surface area (Å²) in [7, 11) is 0. The predicted octanol–water partition coefficient (Wildman–Crippen LogP) is 2.56. The van der Waals surface area contributed by atoms with Gasteiger partial charge in [0.1, 0.15) is 5.82 Å². The van der Waals surface area contributed by atoms with Crippen molar-refractivity contribution in [3.8, 4) is 0 Å². The minimum Gasteiger partial charge on any atom is -0.381 e. The molecule has 1 fully saturated rings. The van der Waals surface area contributed by atoms with Crippen molar-refractivity contribution in [2.75, 3.05) is 13.2 Å². The summed E-state index contributed by atoms with van der Waals surface area (Å²) in [4.78, 5) is 0. The van der Waals surface area contributed by atoms with Crippen LogP contribution in [0.3, 0.4) is 0 Å². The lowest BCUT2D eigenvalue weighted by Gasteiger charge is -2.28. The zero-order valence-corrected chi connectivity index (χ0v) is 9.58. The standard InChI is InChI=1S/C13H18FNO/c1-9-2-3-12(14)11(8-9)13(15)10-4-6-16-7-5-10/h2-3,8,10,13H,4-7,15H2,1H3/t13-/m1/s1. The Kier molecular flexibility index (Phi) is 3.56. The van der Waals surface area contributed by atoms with Crippen LogP contribution in [0.1, 0.15) is 30.0 Å². The van der Waals surface area contributed by atoms with E-state index >= 15 is 0 Å². The Bertz CT molecular complexity index is 361. The Hall–Kier alpha value is -0.930. The number of hydrogen-bond acceptors (Lipinski definition) is 2. The zero-order chi connectivity index (χ0) is 11.5. The van der Waals surface area contributed by atoms with Crippen LogP contribution in [-0.4, -0.2) is 13.2 Å². The number of hydrogen-bond donors (Lipinski definition) is 1. The fourth-order valence-electron chi connectivity index (χ4n) is 2.25. The summed E-state index contributed by atoms with van der Waals surface area (Å²) in [5.74, 6) is 0.148. The highest BCUT2D eigenvalue weighted by atomic mass is 19.1. The van der Waals surface area contributed by atoms with E-state index in [1.807, 2.05) is 13.0 Å². The fourth-order valence-corrected chi connectivity index (χ4v) is 2.25. The molecule has 0 bridgehead atoms. The highest BCUT2D eigenvalue weighted by Gasteiger charge is 2.24. The third-order valence-electron chi connectivity index (χ3n) is 3.28. The monoisotopic (exact) mass is 223 g/mol. The van der Waals surface area contributed by atoms with Crippen molar-refractivity contribution in [3.63, 3.8) is 0 Å². The van der Waals surface area contributed by atoms with Crippen LogP contribution in [0.25, 0.3) is 0 Å². The molecule has 1 aromatic rings.